The fraction of sp³-hybridized carbons (Fsp3) is 0.250. The van der Waals surface area contributed by atoms with E-state index in [0.29, 0.717) is 29.8 Å². The van der Waals surface area contributed by atoms with Crippen molar-refractivity contribution in [3.05, 3.63) is 87.5 Å². The average molecular weight is 438 g/mol. The van der Waals surface area contributed by atoms with E-state index < -0.39 is 11.7 Å². The minimum absolute atomic E-state index is 0.227. The number of para-hydroxylation sites is 1. The molecule has 1 aliphatic rings. The topological polar surface area (TPSA) is 53.9 Å². The molecule has 0 saturated carbocycles. The third kappa shape index (κ3) is 3.71. The van der Waals surface area contributed by atoms with Gasteiger partial charge in [-0.2, -0.15) is 13.2 Å². The van der Waals surface area contributed by atoms with Gasteiger partial charge < -0.3 is 9.55 Å². The number of nitrogens with one attached hydrogen (secondary N) is 1. The normalized spacial score (nSPS) is 14.6. The highest BCUT2D eigenvalue weighted by Gasteiger charge is 2.30. The summed E-state index contributed by atoms with van der Waals surface area (Å²) in [5, 5.41) is 1.20. The number of aromatic amines is 1. The van der Waals surface area contributed by atoms with Crippen LogP contribution in [0.3, 0.4) is 0 Å². The summed E-state index contributed by atoms with van der Waals surface area (Å²) in [5.74, 6) is 0.287. The smallest absolute Gasteiger partial charge is 0.350 e. The van der Waals surface area contributed by atoms with E-state index in [9.17, 15) is 18.0 Å². The van der Waals surface area contributed by atoms with Crippen molar-refractivity contribution in [2.24, 2.45) is 7.05 Å². The molecule has 5 nitrogen and oxygen atoms in total. The molecule has 0 fully saturated rings. The summed E-state index contributed by atoms with van der Waals surface area (Å²) in [6, 6.07) is 12.9. The second kappa shape index (κ2) is 7.63. The van der Waals surface area contributed by atoms with Gasteiger partial charge in [-0.05, 0) is 30.2 Å². The highest BCUT2D eigenvalue weighted by atomic mass is 19.4. The van der Waals surface area contributed by atoms with Gasteiger partial charge in [0.15, 0.2) is 0 Å². The van der Waals surface area contributed by atoms with Gasteiger partial charge in [0, 0.05) is 54.9 Å². The molecule has 0 saturated heterocycles. The van der Waals surface area contributed by atoms with Crippen molar-refractivity contribution in [2.75, 3.05) is 6.54 Å². The molecule has 1 aliphatic heterocycles. The van der Waals surface area contributed by atoms with Gasteiger partial charge in [0.2, 0.25) is 0 Å². The highest BCUT2D eigenvalue weighted by molar-refractivity contribution is 5.83. The molecule has 0 radical (unpaired) electrons. The van der Waals surface area contributed by atoms with E-state index in [-0.39, 0.29) is 11.4 Å². The molecule has 0 atom stereocenters. The van der Waals surface area contributed by atoms with Crippen molar-refractivity contribution in [1.82, 2.24) is 19.4 Å². The summed E-state index contributed by atoms with van der Waals surface area (Å²) in [7, 11) is 2.02. The molecule has 3 heterocycles. The van der Waals surface area contributed by atoms with E-state index in [1.165, 1.54) is 28.6 Å². The Bertz CT molecular complexity index is 1350. The molecule has 0 unspecified atom stereocenters. The monoisotopic (exact) mass is 438 g/mol. The van der Waals surface area contributed by atoms with Gasteiger partial charge in [0.25, 0.3) is 5.56 Å². The summed E-state index contributed by atoms with van der Waals surface area (Å²) in [4.78, 5) is 22.2. The number of halogens is 3. The van der Waals surface area contributed by atoms with Crippen molar-refractivity contribution in [2.45, 2.75) is 25.7 Å². The van der Waals surface area contributed by atoms with Crippen LogP contribution in [0.25, 0.3) is 22.3 Å². The lowest BCUT2D eigenvalue weighted by molar-refractivity contribution is -0.137. The maximum absolute atomic E-state index is 12.9. The Labute approximate surface area is 182 Å². The average Bonchev–Trinajstić information content (AvgIpc) is 3.08. The zero-order valence-electron chi connectivity index (χ0n) is 17.4. The predicted molar refractivity (Wildman–Crippen MR) is 116 cm³/mol. The SMILES string of the molecule is Cn1cc(CN2CCc3c(nc(-c4ccc(C(F)(F)F)cc4)[nH]c3=O)C2)c2ccccc21. The van der Waals surface area contributed by atoms with Crippen LogP contribution in [0.1, 0.15) is 22.4 Å². The van der Waals surface area contributed by atoms with Gasteiger partial charge in [0.05, 0.1) is 11.3 Å². The van der Waals surface area contributed by atoms with E-state index in [0.717, 1.165) is 25.2 Å². The molecule has 4 aromatic rings. The molecule has 164 valence electrons. The molecule has 5 rings (SSSR count). The first-order valence-corrected chi connectivity index (χ1v) is 10.3. The van der Waals surface area contributed by atoms with Crippen LogP contribution in [-0.4, -0.2) is 26.0 Å². The molecule has 0 spiro atoms. The number of fused-ring (bicyclic) bond motifs is 2. The van der Waals surface area contributed by atoms with Gasteiger partial charge in [0.1, 0.15) is 5.82 Å². The van der Waals surface area contributed by atoms with Crippen LogP contribution in [0.15, 0.2) is 59.5 Å². The summed E-state index contributed by atoms with van der Waals surface area (Å²) in [5.41, 5.74) is 3.19. The first-order chi connectivity index (χ1) is 15.3. The van der Waals surface area contributed by atoms with Gasteiger partial charge in [-0.25, -0.2) is 4.98 Å². The van der Waals surface area contributed by atoms with Crippen molar-refractivity contribution in [3.8, 4) is 11.4 Å². The van der Waals surface area contributed by atoms with Crippen LogP contribution in [0.2, 0.25) is 0 Å². The van der Waals surface area contributed by atoms with Gasteiger partial charge in [-0.15, -0.1) is 0 Å². The Hall–Kier alpha value is -3.39. The fourth-order valence-electron chi connectivity index (χ4n) is 4.38. The third-order valence-corrected chi connectivity index (χ3v) is 6.01. The molecule has 0 bridgehead atoms. The summed E-state index contributed by atoms with van der Waals surface area (Å²) < 4.78 is 40.7. The number of alkyl halides is 3. The Balaban J connectivity index is 1.42. The van der Waals surface area contributed by atoms with E-state index in [4.69, 9.17) is 0 Å². The van der Waals surface area contributed by atoms with Crippen LogP contribution in [-0.2, 0) is 32.7 Å². The molecular weight excluding hydrogens is 417 g/mol. The maximum Gasteiger partial charge on any atom is 0.416 e. The summed E-state index contributed by atoms with van der Waals surface area (Å²) >= 11 is 0. The van der Waals surface area contributed by atoms with Crippen LogP contribution in [0, 0.1) is 0 Å². The number of aryl methyl sites for hydroxylation is 1. The lowest BCUT2D eigenvalue weighted by Gasteiger charge is -2.27. The zero-order chi connectivity index (χ0) is 22.5. The largest absolute Gasteiger partial charge is 0.416 e. The molecule has 32 heavy (non-hydrogen) atoms. The minimum Gasteiger partial charge on any atom is -0.350 e. The zero-order valence-corrected chi connectivity index (χ0v) is 17.4. The summed E-state index contributed by atoms with van der Waals surface area (Å²) in [6.07, 6.45) is -1.70. The standard InChI is InChI=1S/C24H21F3N4O/c1-30-12-16(18-4-2-3-5-21(18)30)13-31-11-10-19-20(14-31)28-22(29-23(19)32)15-6-8-17(9-7-15)24(25,26)27/h2-9,12H,10-11,13-14H2,1H3,(H,28,29,32). The quantitative estimate of drug-likeness (QED) is 0.512. The highest BCUT2D eigenvalue weighted by Crippen LogP contribution is 2.30. The second-order valence-electron chi connectivity index (χ2n) is 8.16. The molecule has 2 aromatic heterocycles. The summed E-state index contributed by atoms with van der Waals surface area (Å²) in [6.45, 7) is 1.97. The predicted octanol–water partition coefficient (Wildman–Crippen LogP) is 4.51. The number of aromatic nitrogens is 3. The molecule has 0 amide bonds. The lowest BCUT2D eigenvalue weighted by atomic mass is 10.0. The fourth-order valence-corrected chi connectivity index (χ4v) is 4.38. The van der Waals surface area contributed by atoms with E-state index >= 15 is 0 Å². The molecule has 1 N–H and O–H groups in total. The lowest BCUT2D eigenvalue weighted by Crippen LogP contribution is -2.35. The Morgan fingerprint density at radius 3 is 2.59 bits per heavy atom. The van der Waals surface area contributed by atoms with Crippen LogP contribution in [0.5, 0.6) is 0 Å². The number of H-pyrrole nitrogens is 1. The van der Waals surface area contributed by atoms with Crippen molar-refractivity contribution >= 4 is 10.9 Å². The van der Waals surface area contributed by atoms with Crippen LogP contribution >= 0.6 is 0 Å². The number of nitrogens with zero attached hydrogens (tertiary/aromatic N) is 3. The maximum atomic E-state index is 12.9. The van der Waals surface area contributed by atoms with E-state index in [2.05, 4.69) is 37.8 Å². The van der Waals surface area contributed by atoms with E-state index in [1.807, 2.05) is 19.2 Å². The minimum atomic E-state index is -4.41. The first kappa shape index (κ1) is 20.5. The Kier molecular flexibility index (Phi) is 4.89. The van der Waals surface area contributed by atoms with Crippen molar-refractivity contribution in [1.29, 1.82) is 0 Å². The second-order valence-corrected chi connectivity index (χ2v) is 8.16. The van der Waals surface area contributed by atoms with Gasteiger partial charge in [-0.3, -0.25) is 9.69 Å². The van der Waals surface area contributed by atoms with Crippen molar-refractivity contribution < 1.29 is 13.2 Å². The van der Waals surface area contributed by atoms with Crippen molar-refractivity contribution in [3.63, 3.8) is 0 Å². The number of benzene rings is 2. The number of rotatable bonds is 3. The van der Waals surface area contributed by atoms with Crippen LogP contribution < -0.4 is 5.56 Å². The Morgan fingerprint density at radius 2 is 1.84 bits per heavy atom. The number of hydrogen-bond acceptors (Lipinski definition) is 3. The first-order valence-electron chi connectivity index (χ1n) is 10.3. The van der Waals surface area contributed by atoms with Gasteiger partial charge in [-0.1, -0.05) is 30.3 Å². The number of hydrogen-bond donors (Lipinski definition) is 1. The molecular formula is C24H21F3N4O. The molecule has 2 aromatic carbocycles. The molecule has 8 heteroatoms. The van der Waals surface area contributed by atoms with E-state index in [1.54, 1.807) is 0 Å². The molecule has 0 aliphatic carbocycles. The van der Waals surface area contributed by atoms with Gasteiger partial charge >= 0.3 is 6.18 Å². The third-order valence-electron chi connectivity index (χ3n) is 6.01. The Morgan fingerprint density at radius 1 is 1.09 bits per heavy atom. The van der Waals surface area contributed by atoms with Crippen LogP contribution in [0.4, 0.5) is 13.2 Å².